The van der Waals surface area contributed by atoms with Crippen LogP contribution in [-0.4, -0.2) is 46.5 Å². The van der Waals surface area contributed by atoms with E-state index in [1.54, 1.807) is 13.3 Å². The molecular weight excluding hydrogens is 326 g/mol. The van der Waals surface area contributed by atoms with Gasteiger partial charge in [0.25, 0.3) is 0 Å². The van der Waals surface area contributed by atoms with Crippen molar-refractivity contribution in [3.05, 3.63) is 42.2 Å². The monoisotopic (exact) mass is 347 g/mol. The average molecular weight is 347 g/mol. The van der Waals surface area contributed by atoms with E-state index in [0.29, 0.717) is 12.0 Å². The molecule has 0 spiro atoms. The maximum absolute atomic E-state index is 5.34. The van der Waals surface area contributed by atoms with Crippen molar-refractivity contribution in [3.8, 4) is 17.1 Å². The van der Waals surface area contributed by atoms with Crippen LogP contribution >= 0.6 is 0 Å². The molecule has 0 radical (unpaired) electrons. The van der Waals surface area contributed by atoms with Crippen molar-refractivity contribution >= 4 is 17.2 Å². The molecule has 0 bridgehead atoms. The Morgan fingerprint density at radius 1 is 1.15 bits per heavy atom. The van der Waals surface area contributed by atoms with Crippen LogP contribution in [0.1, 0.15) is 30.4 Å². The standard InChI is InChI=1S/C20H21N5O/c1-24-12-15(10-22-24)13-3-6-18-19(8-13)25(16-4-5-16)20(23-18)14-7-17(26-2)11-21-9-14/h3,6-11,15-16H,4-5,12H2,1-2H3. The molecule has 3 heterocycles. The van der Waals surface area contributed by atoms with Crippen molar-refractivity contribution in [1.82, 2.24) is 19.5 Å². The van der Waals surface area contributed by atoms with Gasteiger partial charge in [-0.15, -0.1) is 0 Å². The number of pyridine rings is 1. The predicted molar refractivity (Wildman–Crippen MR) is 102 cm³/mol. The quantitative estimate of drug-likeness (QED) is 0.725. The van der Waals surface area contributed by atoms with Gasteiger partial charge in [-0.25, -0.2) is 4.98 Å². The fraction of sp³-hybridized carbons (Fsp3) is 0.350. The minimum Gasteiger partial charge on any atom is -0.495 e. The van der Waals surface area contributed by atoms with Crippen LogP contribution in [0.3, 0.4) is 0 Å². The first kappa shape index (κ1) is 15.4. The van der Waals surface area contributed by atoms with Crippen molar-refractivity contribution in [2.75, 3.05) is 20.7 Å². The Labute approximate surface area is 152 Å². The normalized spacial score (nSPS) is 19.5. The first-order valence-electron chi connectivity index (χ1n) is 8.99. The molecule has 1 aromatic carbocycles. The largest absolute Gasteiger partial charge is 0.495 e. The summed E-state index contributed by atoms with van der Waals surface area (Å²) in [6.07, 6.45) is 8.02. The molecule has 1 aliphatic heterocycles. The van der Waals surface area contributed by atoms with E-state index in [0.717, 1.165) is 29.2 Å². The lowest BCUT2D eigenvalue weighted by Crippen LogP contribution is -2.12. The number of ether oxygens (including phenoxy) is 1. The van der Waals surface area contributed by atoms with Crippen molar-refractivity contribution in [1.29, 1.82) is 0 Å². The van der Waals surface area contributed by atoms with Crippen LogP contribution in [-0.2, 0) is 0 Å². The third-order valence-electron chi connectivity index (χ3n) is 5.17. The number of hydrazone groups is 1. The lowest BCUT2D eigenvalue weighted by molar-refractivity contribution is 0.381. The van der Waals surface area contributed by atoms with E-state index in [-0.39, 0.29) is 0 Å². The Bertz CT molecular complexity index is 1000. The number of nitrogens with zero attached hydrogens (tertiary/aromatic N) is 5. The van der Waals surface area contributed by atoms with Gasteiger partial charge < -0.3 is 9.30 Å². The summed E-state index contributed by atoms with van der Waals surface area (Å²) < 4.78 is 7.72. The van der Waals surface area contributed by atoms with Gasteiger partial charge in [0.15, 0.2) is 0 Å². The molecule has 1 aliphatic carbocycles. The first-order valence-corrected chi connectivity index (χ1v) is 8.99. The molecule has 0 amide bonds. The van der Waals surface area contributed by atoms with E-state index < -0.39 is 0 Å². The van der Waals surface area contributed by atoms with Gasteiger partial charge in [-0.2, -0.15) is 5.10 Å². The van der Waals surface area contributed by atoms with Gasteiger partial charge >= 0.3 is 0 Å². The molecule has 6 nitrogen and oxygen atoms in total. The zero-order valence-electron chi connectivity index (χ0n) is 15.0. The lowest BCUT2D eigenvalue weighted by Gasteiger charge is -2.12. The second kappa shape index (κ2) is 5.83. The van der Waals surface area contributed by atoms with Crippen LogP contribution < -0.4 is 4.74 Å². The number of imidazole rings is 1. The van der Waals surface area contributed by atoms with Crippen molar-refractivity contribution in [2.45, 2.75) is 24.8 Å². The summed E-state index contributed by atoms with van der Waals surface area (Å²) in [7, 11) is 3.68. The molecule has 5 rings (SSSR count). The number of aromatic nitrogens is 3. The van der Waals surface area contributed by atoms with Gasteiger partial charge in [-0.1, -0.05) is 6.07 Å². The van der Waals surface area contributed by atoms with Crippen molar-refractivity contribution in [3.63, 3.8) is 0 Å². The first-order chi connectivity index (χ1) is 12.7. The predicted octanol–water partition coefficient (Wildman–Crippen LogP) is 3.46. The second-order valence-electron chi connectivity index (χ2n) is 7.11. The molecule has 3 aromatic rings. The van der Waals surface area contributed by atoms with E-state index in [2.05, 4.69) is 32.9 Å². The summed E-state index contributed by atoms with van der Waals surface area (Å²) in [5.41, 5.74) is 4.52. The fourth-order valence-electron chi connectivity index (χ4n) is 3.66. The molecular formula is C20H21N5O. The van der Waals surface area contributed by atoms with E-state index >= 15 is 0 Å². The SMILES string of the molecule is COc1cncc(-c2nc3ccc(C4C=NN(C)C4)cc3n2C2CC2)c1. The number of hydrogen-bond acceptors (Lipinski definition) is 5. The number of likely N-dealkylation sites (N-methyl/N-ethyl adjacent to an activating group) is 1. The summed E-state index contributed by atoms with van der Waals surface area (Å²) in [6.45, 7) is 0.926. The maximum atomic E-state index is 5.34. The number of rotatable bonds is 4. The van der Waals surface area contributed by atoms with Gasteiger partial charge in [-0.05, 0) is 36.6 Å². The Morgan fingerprint density at radius 2 is 2.04 bits per heavy atom. The smallest absolute Gasteiger partial charge is 0.143 e. The van der Waals surface area contributed by atoms with Gasteiger partial charge in [0.05, 0.1) is 24.3 Å². The second-order valence-corrected chi connectivity index (χ2v) is 7.11. The molecule has 0 saturated heterocycles. The summed E-state index contributed by atoms with van der Waals surface area (Å²) in [5, 5.41) is 6.37. The fourth-order valence-corrected chi connectivity index (χ4v) is 3.66. The van der Waals surface area contributed by atoms with Gasteiger partial charge in [0.2, 0.25) is 0 Å². The van der Waals surface area contributed by atoms with E-state index in [1.807, 2.05) is 30.5 Å². The molecule has 2 aliphatic rings. The van der Waals surface area contributed by atoms with Crippen LogP contribution in [0.5, 0.6) is 5.75 Å². The van der Waals surface area contributed by atoms with E-state index in [4.69, 9.17) is 9.72 Å². The molecule has 2 aromatic heterocycles. The van der Waals surface area contributed by atoms with Gasteiger partial charge in [-0.3, -0.25) is 9.99 Å². The van der Waals surface area contributed by atoms with Crippen molar-refractivity contribution < 1.29 is 4.74 Å². The molecule has 132 valence electrons. The average Bonchev–Trinajstić information content (AvgIpc) is 3.30. The maximum Gasteiger partial charge on any atom is 0.143 e. The van der Waals surface area contributed by atoms with Crippen LogP contribution in [0.4, 0.5) is 0 Å². The highest BCUT2D eigenvalue weighted by molar-refractivity contribution is 5.83. The third kappa shape index (κ3) is 2.53. The zero-order valence-corrected chi connectivity index (χ0v) is 15.0. The number of hydrogen-bond donors (Lipinski definition) is 0. The third-order valence-corrected chi connectivity index (χ3v) is 5.17. The molecule has 1 saturated carbocycles. The number of fused-ring (bicyclic) bond motifs is 1. The Balaban J connectivity index is 1.65. The minimum atomic E-state index is 0.342. The van der Waals surface area contributed by atoms with E-state index in [1.165, 1.54) is 23.9 Å². The molecule has 1 atom stereocenters. The highest BCUT2D eigenvalue weighted by atomic mass is 16.5. The summed E-state index contributed by atoms with van der Waals surface area (Å²) in [4.78, 5) is 9.24. The van der Waals surface area contributed by atoms with Crippen LogP contribution in [0, 0.1) is 0 Å². The Hall–Kier alpha value is -2.89. The lowest BCUT2D eigenvalue weighted by atomic mass is 10.0. The molecule has 1 fully saturated rings. The highest BCUT2D eigenvalue weighted by Gasteiger charge is 2.29. The molecule has 26 heavy (non-hydrogen) atoms. The van der Waals surface area contributed by atoms with Gasteiger partial charge in [0.1, 0.15) is 11.6 Å². The van der Waals surface area contributed by atoms with E-state index in [9.17, 15) is 0 Å². The number of benzene rings is 1. The Morgan fingerprint density at radius 3 is 2.77 bits per heavy atom. The topological polar surface area (TPSA) is 55.5 Å². The zero-order chi connectivity index (χ0) is 17.7. The van der Waals surface area contributed by atoms with Crippen LogP contribution in [0.2, 0.25) is 0 Å². The van der Waals surface area contributed by atoms with Gasteiger partial charge in [0, 0.05) is 43.5 Å². The minimum absolute atomic E-state index is 0.342. The number of methoxy groups -OCH3 is 1. The summed E-state index contributed by atoms with van der Waals surface area (Å²) in [6, 6.07) is 9.12. The summed E-state index contributed by atoms with van der Waals surface area (Å²) >= 11 is 0. The molecule has 6 heteroatoms. The summed E-state index contributed by atoms with van der Waals surface area (Å²) in [5.74, 6) is 2.07. The molecule has 0 N–H and O–H groups in total. The van der Waals surface area contributed by atoms with Crippen LogP contribution in [0.15, 0.2) is 41.8 Å². The molecule has 1 unspecified atom stereocenters. The highest BCUT2D eigenvalue weighted by Crippen LogP contribution is 2.42. The van der Waals surface area contributed by atoms with Crippen LogP contribution in [0.25, 0.3) is 22.4 Å². The van der Waals surface area contributed by atoms with Crippen molar-refractivity contribution in [2.24, 2.45) is 5.10 Å². The Kier molecular flexibility index (Phi) is 3.45.